The van der Waals surface area contributed by atoms with Gasteiger partial charge >= 0.3 is 0 Å². The molecule has 1 N–H and O–H groups in total. The van der Waals surface area contributed by atoms with Gasteiger partial charge in [0.25, 0.3) is 0 Å². The number of carbonyl (C=O) groups is 1. The second-order valence-corrected chi connectivity index (χ2v) is 4.76. The highest BCUT2D eigenvalue weighted by molar-refractivity contribution is 5.75. The lowest BCUT2D eigenvalue weighted by atomic mass is 9.99. The minimum Gasteiger partial charge on any atom is -0.384 e. The number of hydrogen-bond donors (Lipinski definition) is 1. The van der Waals surface area contributed by atoms with Crippen molar-refractivity contribution in [1.82, 2.24) is 0 Å². The summed E-state index contributed by atoms with van der Waals surface area (Å²) in [5.74, 6) is 0.202. The maximum atomic E-state index is 10.9. The van der Waals surface area contributed by atoms with Crippen LogP contribution in [-0.2, 0) is 11.2 Å². The van der Waals surface area contributed by atoms with E-state index in [9.17, 15) is 9.90 Å². The van der Waals surface area contributed by atoms with Crippen LogP contribution in [0, 0.1) is 0 Å². The summed E-state index contributed by atoms with van der Waals surface area (Å²) in [4.78, 5) is 10.9. The fourth-order valence-electron chi connectivity index (χ4n) is 2.01. The molecule has 0 aliphatic rings. The molecule has 0 aromatic heterocycles. The fourth-order valence-corrected chi connectivity index (χ4v) is 2.01. The lowest BCUT2D eigenvalue weighted by molar-refractivity contribution is -0.116. The monoisotopic (exact) mass is 254 g/mol. The van der Waals surface area contributed by atoms with E-state index in [1.54, 1.807) is 6.92 Å². The smallest absolute Gasteiger partial charge is 0.130 e. The van der Waals surface area contributed by atoms with Gasteiger partial charge in [-0.05, 0) is 30.0 Å². The number of aryl methyl sites for hydroxylation is 1. The van der Waals surface area contributed by atoms with Crippen molar-refractivity contribution in [3.8, 4) is 0 Å². The van der Waals surface area contributed by atoms with Crippen molar-refractivity contribution in [3.63, 3.8) is 0 Å². The number of ketones is 1. The summed E-state index contributed by atoms with van der Waals surface area (Å²) in [7, 11) is 0. The predicted molar refractivity (Wildman–Crippen MR) is 75.9 cm³/mol. The predicted octanol–water partition coefficient (Wildman–Crippen LogP) is 3.29. The number of carbonyl (C=O) groups excluding carboxylic acids is 1. The van der Waals surface area contributed by atoms with Crippen LogP contribution in [0.1, 0.15) is 36.1 Å². The zero-order valence-electron chi connectivity index (χ0n) is 11.0. The number of Topliss-reactive ketones (excluding diaryl/α,β-unsaturated/α-hetero) is 1. The number of aliphatic hydroxyl groups is 1. The Bertz CT molecular complexity index is 529. The maximum absolute atomic E-state index is 10.9. The Balaban J connectivity index is 2.08. The van der Waals surface area contributed by atoms with Crippen molar-refractivity contribution in [3.05, 3.63) is 71.3 Å². The first kappa shape index (κ1) is 13.5. The molecule has 2 rings (SSSR count). The van der Waals surface area contributed by atoms with Crippen molar-refractivity contribution in [2.24, 2.45) is 0 Å². The number of benzene rings is 2. The Kier molecular flexibility index (Phi) is 4.48. The van der Waals surface area contributed by atoms with Crippen LogP contribution in [0.5, 0.6) is 0 Å². The Morgan fingerprint density at radius 2 is 1.58 bits per heavy atom. The molecule has 98 valence electrons. The Labute approximate surface area is 113 Å². The van der Waals surface area contributed by atoms with E-state index in [0.717, 1.165) is 23.1 Å². The van der Waals surface area contributed by atoms with Gasteiger partial charge in [-0.1, -0.05) is 54.6 Å². The molecule has 2 nitrogen and oxygen atoms in total. The first-order chi connectivity index (χ1) is 9.16. The molecule has 0 radical (unpaired) electrons. The van der Waals surface area contributed by atoms with E-state index in [1.165, 1.54) is 0 Å². The molecule has 2 aromatic carbocycles. The molecule has 0 aliphatic heterocycles. The number of rotatable bonds is 5. The third-order valence-corrected chi connectivity index (χ3v) is 3.18. The summed E-state index contributed by atoms with van der Waals surface area (Å²) in [5.41, 5.74) is 2.89. The zero-order chi connectivity index (χ0) is 13.7. The van der Waals surface area contributed by atoms with Crippen LogP contribution in [0.3, 0.4) is 0 Å². The van der Waals surface area contributed by atoms with Gasteiger partial charge in [0, 0.05) is 6.42 Å². The largest absolute Gasteiger partial charge is 0.384 e. The van der Waals surface area contributed by atoms with Crippen LogP contribution >= 0.6 is 0 Å². The molecule has 0 amide bonds. The van der Waals surface area contributed by atoms with Crippen molar-refractivity contribution in [2.45, 2.75) is 25.9 Å². The highest BCUT2D eigenvalue weighted by Gasteiger charge is 2.09. The lowest BCUT2D eigenvalue weighted by Gasteiger charge is -2.12. The van der Waals surface area contributed by atoms with Gasteiger partial charge in [0.1, 0.15) is 11.9 Å². The van der Waals surface area contributed by atoms with Gasteiger partial charge < -0.3 is 9.90 Å². The van der Waals surface area contributed by atoms with Crippen molar-refractivity contribution >= 4 is 5.78 Å². The molecule has 19 heavy (non-hydrogen) atoms. The molecule has 1 unspecified atom stereocenters. The zero-order valence-corrected chi connectivity index (χ0v) is 11.0. The molecule has 0 fully saturated rings. The molecule has 1 atom stereocenters. The molecule has 2 aromatic rings. The van der Waals surface area contributed by atoms with Crippen LogP contribution in [0.15, 0.2) is 54.6 Å². The fraction of sp³-hybridized carbons (Fsp3) is 0.235. The normalized spacial score (nSPS) is 12.1. The van der Waals surface area contributed by atoms with Crippen LogP contribution < -0.4 is 0 Å². The minimum absolute atomic E-state index is 0.202. The van der Waals surface area contributed by atoms with E-state index in [-0.39, 0.29) is 5.78 Å². The van der Waals surface area contributed by atoms with E-state index < -0.39 is 6.10 Å². The lowest BCUT2D eigenvalue weighted by Crippen LogP contribution is -2.00. The molecular formula is C17H18O2. The summed E-state index contributed by atoms with van der Waals surface area (Å²) in [6.45, 7) is 1.60. The average molecular weight is 254 g/mol. The summed E-state index contributed by atoms with van der Waals surface area (Å²) < 4.78 is 0. The number of hydrogen-bond acceptors (Lipinski definition) is 2. The summed E-state index contributed by atoms with van der Waals surface area (Å²) in [6.07, 6.45) is 0.737. The van der Waals surface area contributed by atoms with E-state index >= 15 is 0 Å². The standard InChI is InChI=1S/C17H18O2/c1-13(18)7-8-14-9-11-16(12-10-14)17(19)15-5-3-2-4-6-15/h2-6,9-12,17,19H,7-8H2,1H3. The van der Waals surface area contributed by atoms with Gasteiger partial charge in [0.05, 0.1) is 0 Å². The van der Waals surface area contributed by atoms with Gasteiger partial charge in [-0.25, -0.2) is 0 Å². The molecule has 0 spiro atoms. The molecule has 0 saturated heterocycles. The third-order valence-electron chi connectivity index (χ3n) is 3.18. The van der Waals surface area contributed by atoms with Crippen LogP contribution in [0.25, 0.3) is 0 Å². The van der Waals surface area contributed by atoms with E-state index in [2.05, 4.69) is 0 Å². The highest BCUT2D eigenvalue weighted by atomic mass is 16.3. The van der Waals surface area contributed by atoms with Gasteiger partial charge in [-0.2, -0.15) is 0 Å². The maximum Gasteiger partial charge on any atom is 0.130 e. The van der Waals surface area contributed by atoms with E-state index in [4.69, 9.17) is 0 Å². The van der Waals surface area contributed by atoms with Crippen LogP contribution in [-0.4, -0.2) is 10.9 Å². The minimum atomic E-state index is -0.594. The van der Waals surface area contributed by atoms with Crippen LogP contribution in [0.2, 0.25) is 0 Å². The van der Waals surface area contributed by atoms with Crippen LogP contribution in [0.4, 0.5) is 0 Å². The SMILES string of the molecule is CC(=O)CCc1ccc(C(O)c2ccccc2)cc1. The molecule has 0 aliphatic carbocycles. The van der Waals surface area contributed by atoms with E-state index in [1.807, 2.05) is 54.6 Å². The second-order valence-electron chi connectivity index (χ2n) is 4.76. The topological polar surface area (TPSA) is 37.3 Å². The Morgan fingerprint density at radius 1 is 1.00 bits per heavy atom. The molecule has 0 bridgehead atoms. The van der Waals surface area contributed by atoms with Gasteiger partial charge in [-0.3, -0.25) is 0 Å². The number of aliphatic hydroxyl groups excluding tert-OH is 1. The summed E-state index contributed by atoms with van der Waals surface area (Å²) >= 11 is 0. The first-order valence-electron chi connectivity index (χ1n) is 6.48. The summed E-state index contributed by atoms with van der Waals surface area (Å²) in [6, 6.07) is 17.4. The molecule has 0 heterocycles. The van der Waals surface area contributed by atoms with Crippen molar-refractivity contribution < 1.29 is 9.90 Å². The molecular weight excluding hydrogens is 236 g/mol. The first-order valence-corrected chi connectivity index (χ1v) is 6.48. The third kappa shape index (κ3) is 3.76. The molecule has 2 heteroatoms. The van der Waals surface area contributed by atoms with Gasteiger partial charge in [-0.15, -0.1) is 0 Å². The van der Waals surface area contributed by atoms with Crippen molar-refractivity contribution in [2.75, 3.05) is 0 Å². The quantitative estimate of drug-likeness (QED) is 0.889. The second kappa shape index (κ2) is 6.30. The van der Waals surface area contributed by atoms with Gasteiger partial charge in [0.15, 0.2) is 0 Å². The molecule has 0 saturated carbocycles. The summed E-state index contributed by atoms with van der Waals surface area (Å²) in [5, 5.41) is 10.2. The average Bonchev–Trinajstić information content (AvgIpc) is 2.46. The van der Waals surface area contributed by atoms with Gasteiger partial charge in [0.2, 0.25) is 0 Å². The highest BCUT2D eigenvalue weighted by Crippen LogP contribution is 2.22. The van der Waals surface area contributed by atoms with E-state index in [0.29, 0.717) is 6.42 Å². The Hall–Kier alpha value is -1.93. The van der Waals surface area contributed by atoms with Crippen molar-refractivity contribution in [1.29, 1.82) is 0 Å². The Morgan fingerprint density at radius 3 is 2.16 bits per heavy atom.